The highest BCUT2D eigenvalue weighted by Crippen LogP contribution is 2.53. The molecule has 0 aromatic heterocycles. The van der Waals surface area contributed by atoms with Crippen LogP contribution in [0.3, 0.4) is 0 Å². The number of rotatable bonds is 5. The van der Waals surface area contributed by atoms with Crippen LogP contribution in [0.2, 0.25) is 0 Å². The zero-order valence-corrected chi connectivity index (χ0v) is 20.9. The molecule has 174 valence electrons. The molecule has 1 spiro atoms. The molecule has 0 radical (unpaired) electrons. The number of fused-ring (bicyclic) bond motifs is 2. The summed E-state index contributed by atoms with van der Waals surface area (Å²) in [6.45, 7) is 3.22. The van der Waals surface area contributed by atoms with E-state index in [1.807, 2.05) is 47.4 Å². The van der Waals surface area contributed by atoms with E-state index in [1.165, 1.54) is 0 Å². The number of nitrogens with zero attached hydrogens (tertiary/aromatic N) is 2. The smallest absolute Gasteiger partial charge is 0.264 e. The molecule has 3 heterocycles. The number of anilines is 1. The van der Waals surface area contributed by atoms with Crippen molar-refractivity contribution in [3.8, 4) is 0 Å². The first kappa shape index (κ1) is 22.8. The third kappa shape index (κ3) is 3.88. The van der Waals surface area contributed by atoms with E-state index in [9.17, 15) is 14.7 Å². The summed E-state index contributed by atoms with van der Waals surface area (Å²) in [7, 11) is 0. The molecule has 4 atom stereocenters. The molecule has 33 heavy (non-hydrogen) atoms. The minimum absolute atomic E-state index is 0.00313. The molecular formula is C26H29IN2O4. The zero-order valence-electron chi connectivity index (χ0n) is 18.7. The van der Waals surface area contributed by atoms with Crippen molar-refractivity contribution >= 4 is 40.1 Å². The fourth-order valence-corrected chi connectivity index (χ4v) is 6.40. The molecule has 7 heteroatoms. The molecule has 5 rings (SSSR count). The monoisotopic (exact) mass is 560 g/mol. The number of hydrogen-bond acceptors (Lipinski definition) is 4. The maximum atomic E-state index is 13.9. The molecule has 0 unspecified atom stereocenters. The lowest BCUT2D eigenvalue weighted by Gasteiger charge is -2.29. The van der Waals surface area contributed by atoms with Gasteiger partial charge < -0.3 is 19.6 Å². The van der Waals surface area contributed by atoms with Gasteiger partial charge in [0.05, 0.1) is 37.4 Å². The van der Waals surface area contributed by atoms with Crippen LogP contribution in [-0.4, -0.2) is 47.1 Å². The van der Waals surface area contributed by atoms with Crippen molar-refractivity contribution in [1.82, 2.24) is 4.90 Å². The van der Waals surface area contributed by atoms with E-state index in [0.29, 0.717) is 19.5 Å². The summed E-state index contributed by atoms with van der Waals surface area (Å²) in [6.07, 6.45) is 2.34. The molecule has 3 aliphatic rings. The van der Waals surface area contributed by atoms with Crippen LogP contribution in [0.5, 0.6) is 0 Å². The minimum atomic E-state index is -1.05. The second-order valence-corrected chi connectivity index (χ2v) is 10.7. The van der Waals surface area contributed by atoms with Gasteiger partial charge in [0, 0.05) is 21.6 Å². The number of aliphatic hydroxyl groups is 1. The summed E-state index contributed by atoms with van der Waals surface area (Å²) < 4.78 is 7.68. The fraction of sp³-hybridized carbons (Fsp3) is 0.462. The van der Waals surface area contributed by atoms with Crippen molar-refractivity contribution in [3.63, 3.8) is 0 Å². The number of aliphatic hydroxyl groups excluding tert-OH is 1. The number of hydrogen-bond donors (Lipinski definition) is 1. The molecule has 2 amide bonds. The van der Waals surface area contributed by atoms with Crippen molar-refractivity contribution < 1.29 is 19.4 Å². The lowest BCUT2D eigenvalue weighted by molar-refractivity contribution is -0.150. The highest BCUT2D eigenvalue weighted by Gasteiger charge is 2.60. The van der Waals surface area contributed by atoms with Crippen LogP contribution < -0.4 is 4.90 Å². The Labute approximate surface area is 208 Å². The topological polar surface area (TPSA) is 70.1 Å². The summed E-state index contributed by atoms with van der Waals surface area (Å²) in [6, 6.07) is 16.0. The number of halogens is 1. The Morgan fingerprint density at radius 3 is 2.85 bits per heavy atom. The quantitative estimate of drug-likeness (QED) is 0.565. The van der Waals surface area contributed by atoms with Gasteiger partial charge in [0.2, 0.25) is 5.91 Å². The van der Waals surface area contributed by atoms with Crippen molar-refractivity contribution in [3.05, 3.63) is 63.2 Å². The standard InChI is InChI=1S/C26H29IN2O4/c1-17-12-21(14-24(31)28-11-5-8-20(28)16-30)33-26(17)22-9-2-3-10-23(22)29(25(26)32)15-18-6-4-7-19(27)13-18/h2-4,6-7,9-10,13,17,20-21,30H,5,8,11-12,14-16H2,1H3/t17-,20+,21-,26+/m1/s1. The Morgan fingerprint density at radius 1 is 1.24 bits per heavy atom. The van der Waals surface area contributed by atoms with Gasteiger partial charge >= 0.3 is 0 Å². The number of benzene rings is 2. The van der Waals surface area contributed by atoms with Crippen LogP contribution in [0.1, 0.15) is 43.7 Å². The summed E-state index contributed by atoms with van der Waals surface area (Å²) in [5.74, 6) is -0.0771. The minimum Gasteiger partial charge on any atom is -0.394 e. The molecule has 0 saturated carbocycles. The highest BCUT2D eigenvalue weighted by molar-refractivity contribution is 14.1. The van der Waals surface area contributed by atoms with E-state index in [-0.39, 0.29) is 42.9 Å². The Bertz CT molecular complexity index is 1080. The van der Waals surface area contributed by atoms with E-state index in [1.54, 1.807) is 4.90 Å². The van der Waals surface area contributed by atoms with E-state index >= 15 is 0 Å². The van der Waals surface area contributed by atoms with E-state index in [4.69, 9.17) is 4.74 Å². The zero-order chi connectivity index (χ0) is 23.2. The predicted molar refractivity (Wildman–Crippen MR) is 134 cm³/mol. The number of carbonyl (C=O) groups excluding carboxylic acids is 2. The van der Waals surface area contributed by atoms with Crippen LogP contribution in [0.15, 0.2) is 48.5 Å². The molecule has 0 bridgehead atoms. The average Bonchev–Trinajstić information content (AvgIpc) is 3.47. The summed E-state index contributed by atoms with van der Waals surface area (Å²) in [5.41, 5.74) is 1.81. The van der Waals surface area contributed by atoms with E-state index in [0.717, 1.165) is 33.2 Å². The first-order chi connectivity index (χ1) is 15.9. The van der Waals surface area contributed by atoms with Gasteiger partial charge in [-0.3, -0.25) is 9.59 Å². The molecular weight excluding hydrogens is 531 g/mol. The highest BCUT2D eigenvalue weighted by atomic mass is 127. The molecule has 6 nitrogen and oxygen atoms in total. The van der Waals surface area contributed by atoms with Crippen LogP contribution in [-0.2, 0) is 26.5 Å². The van der Waals surface area contributed by atoms with Gasteiger partial charge in [0.1, 0.15) is 0 Å². The molecule has 1 N–H and O–H groups in total. The van der Waals surface area contributed by atoms with Gasteiger partial charge in [-0.15, -0.1) is 0 Å². The third-order valence-corrected chi connectivity index (χ3v) is 8.03. The predicted octanol–water partition coefficient (Wildman–Crippen LogP) is 3.83. The Hall–Kier alpha value is -1.97. The van der Waals surface area contributed by atoms with Gasteiger partial charge in [-0.2, -0.15) is 0 Å². The first-order valence-corrected chi connectivity index (χ1v) is 12.8. The second-order valence-electron chi connectivity index (χ2n) is 9.42. The second kappa shape index (κ2) is 9.00. The lowest BCUT2D eigenvalue weighted by atomic mass is 9.83. The number of para-hydroxylation sites is 1. The van der Waals surface area contributed by atoms with Crippen LogP contribution in [0.4, 0.5) is 5.69 Å². The van der Waals surface area contributed by atoms with Crippen LogP contribution in [0, 0.1) is 9.49 Å². The molecule has 2 fully saturated rings. The van der Waals surface area contributed by atoms with Crippen molar-refractivity contribution in [2.75, 3.05) is 18.1 Å². The number of carbonyl (C=O) groups is 2. The molecule has 0 aliphatic carbocycles. The van der Waals surface area contributed by atoms with Crippen molar-refractivity contribution in [2.24, 2.45) is 5.92 Å². The van der Waals surface area contributed by atoms with Crippen LogP contribution in [0.25, 0.3) is 0 Å². The average molecular weight is 560 g/mol. The van der Waals surface area contributed by atoms with Crippen molar-refractivity contribution in [2.45, 2.75) is 56.9 Å². The Balaban J connectivity index is 1.40. The summed E-state index contributed by atoms with van der Waals surface area (Å²) in [4.78, 5) is 30.5. The van der Waals surface area contributed by atoms with Gasteiger partial charge in [0.25, 0.3) is 5.91 Å². The fourth-order valence-electron chi connectivity index (χ4n) is 5.79. The number of likely N-dealkylation sites (tertiary alicyclic amines) is 1. The molecule has 2 aromatic rings. The van der Waals surface area contributed by atoms with Crippen molar-refractivity contribution in [1.29, 1.82) is 0 Å². The van der Waals surface area contributed by atoms with Gasteiger partial charge in [-0.05, 0) is 65.6 Å². The molecule has 2 aromatic carbocycles. The maximum Gasteiger partial charge on any atom is 0.264 e. The van der Waals surface area contributed by atoms with Gasteiger partial charge in [-0.1, -0.05) is 37.3 Å². The summed E-state index contributed by atoms with van der Waals surface area (Å²) >= 11 is 2.29. The SMILES string of the molecule is C[C@@H]1C[C@H](CC(=O)N2CCC[C@H]2CO)O[C@@]12C(=O)N(Cc1cccc(I)c1)c1ccccc12. The van der Waals surface area contributed by atoms with Gasteiger partial charge in [0.15, 0.2) is 5.60 Å². The molecule has 3 aliphatic heterocycles. The lowest BCUT2D eigenvalue weighted by Crippen LogP contribution is -2.44. The molecule has 2 saturated heterocycles. The number of amides is 2. The largest absolute Gasteiger partial charge is 0.394 e. The van der Waals surface area contributed by atoms with E-state index < -0.39 is 5.60 Å². The maximum absolute atomic E-state index is 13.9. The number of ether oxygens (including phenoxy) is 1. The first-order valence-electron chi connectivity index (χ1n) is 11.7. The Morgan fingerprint density at radius 2 is 2.06 bits per heavy atom. The van der Waals surface area contributed by atoms with E-state index in [2.05, 4.69) is 35.6 Å². The van der Waals surface area contributed by atoms with Crippen LogP contribution >= 0.6 is 22.6 Å². The van der Waals surface area contributed by atoms with Gasteiger partial charge in [-0.25, -0.2) is 0 Å². The summed E-state index contributed by atoms with van der Waals surface area (Å²) in [5, 5.41) is 9.59. The Kier molecular flexibility index (Phi) is 6.22. The third-order valence-electron chi connectivity index (χ3n) is 7.36. The normalized spacial score (nSPS) is 28.7.